The Bertz CT molecular complexity index is 528. The van der Waals surface area contributed by atoms with Crippen LogP contribution in [0.4, 0.5) is 5.69 Å². The van der Waals surface area contributed by atoms with Gasteiger partial charge in [-0.3, -0.25) is 0 Å². The highest BCUT2D eigenvalue weighted by molar-refractivity contribution is 5.91. The molecule has 0 bridgehead atoms. The van der Waals surface area contributed by atoms with Crippen LogP contribution in [0.15, 0.2) is 30.3 Å². The average molecular weight is 213 g/mol. The standard InChI is InChI=1S/C15H19N/c1-10-5-6-11-7-8-13(16)14(12(11)9-10)15(2,3)4/h5-9H,16H2,1-4H3. The Labute approximate surface area is 97.3 Å². The molecule has 0 aliphatic heterocycles. The van der Waals surface area contributed by atoms with Gasteiger partial charge in [0.1, 0.15) is 0 Å². The number of nitrogen functional groups attached to an aromatic ring is 1. The van der Waals surface area contributed by atoms with E-state index >= 15 is 0 Å². The lowest BCUT2D eigenvalue weighted by atomic mass is 9.82. The molecule has 0 saturated heterocycles. The molecule has 2 N–H and O–H groups in total. The van der Waals surface area contributed by atoms with Gasteiger partial charge in [0.2, 0.25) is 0 Å². The summed E-state index contributed by atoms with van der Waals surface area (Å²) in [6.45, 7) is 8.75. The smallest absolute Gasteiger partial charge is 0.0358 e. The van der Waals surface area contributed by atoms with E-state index in [9.17, 15) is 0 Å². The van der Waals surface area contributed by atoms with E-state index in [-0.39, 0.29) is 5.41 Å². The van der Waals surface area contributed by atoms with Crippen molar-refractivity contribution in [3.05, 3.63) is 41.5 Å². The summed E-state index contributed by atoms with van der Waals surface area (Å²) >= 11 is 0. The zero-order valence-corrected chi connectivity index (χ0v) is 10.5. The van der Waals surface area contributed by atoms with Crippen molar-refractivity contribution in [2.75, 3.05) is 5.73 Å². The van der Waals surface area contributed by atoms with Crippen LogP contribution in [0.2, 0.25) is 0 Å². The Hall–Kier alpha value is -1.50. The summed E-state index contributed by atoms with van der Waals surface area (Å²) in [4.78, 5) is 0. The quantitative estimate of drug-likeness (QED) is 0.657. The third-order valence-electron chi connectivity index (χ3n) is 2.96. The molecule has 2 rings (SSSR count). The van der Waals surface area contributed by atoms with Gasteiger partial charge < -0.3 is 5.73 Å². The molecule has 1 nitrogen and oxygen atoms in total. The Morgan fingerprint density at radius 2 is 1.62 bits per heavy atom. The van der Waals surface area contributed by atoms with E-state index in [2.05, 4.69) is 52.0 Å². The Morgan fingerprint density at radius 3 is 2.25 bits per heavy atom. The molecule has 0 aliphatic carbocycles. The Kier molecular flexibility index (Phi) is 2.42. The first-order valence-corrected chi connectivity index (χ1v) is 5.69. The molecule has 0 aliphatic rings. The van der Waals surface area contributed by atoms with Gasteiger partial charge in [0, 0.05) is 5.69 Å². The fourth-order valence-electron chi connectivity index (χ4n) is 2.29. The summed E-state index contributed by atoms with van der Waals surface area (Å²) in [5.41, 5.74) is 9.64. The Morgan fingerprint density at radius 1 is 1.00 bits per heavy atom. The molecule has 0 amide bonds. The van der Waals surface area contributed by atoms with E-state index in [0.29, 0.717) is 0 Å². The lowest BCUT2D eigenvalue weighted by Gasteiger charge is -2.23. The maximum absolute atomic E-state index is 6.12. The van der Waals surface area contributed by atoms with Crippen molar-refractivity contribution in [2.45, 2.75) is 33.1 Å². The van der Waals surface area contributed by atoms with E-state index in [1.54, 1.807) is 0 Å². The molecule has 0 saturated carbocycles. The van der Waals surface area contributed by atoms with Crippen LogP contribution in [0.1, 0.15) is 31.9 Å². The molecule has 0 atom stereocenters. The zero-order chi connectivity index (χ0) is 11.9. The van der Waals surface area contributed by atoms with Crippen molar-refractivity contribution in [1.29, 1.82) is 0 Å². The van der Waals surface area contributed by atoms with Crippen molar-refractivity contribution in [1.82, 2.24) is 0 Å². The van der Waals surface area contributed by atoms with Crippen molar-refractivity contribution >= 4 is 16.5 Å². The van der Waals surface area contributed by atoms with Crippen molar-refractivity contribution in [3.63, 3.8) is 0 Å². The SMILES string of the molecule is Cc1ccc2ccc(N)c(C(C)(C)C)c2c1. The fraction of sp³-hybridized carbons (Fsp3) is 0.333. The number of hydrogen-bond acceptors (Lipinski definition) is 1. The highest BCUT2D eigenvalue weighted by atomic mass is 14.6. The molecular weight excluding hydrogens is 194 g/mol. The number of nitrogens with two attached hydrogens (primary N) is 1. The van der Waals surface area contributed by atoms with E-state index in [0.717, 1.165) is 5.69 Å². The third-order valence-corrected chi connectivity index (χ3v) is 2.96. The highest BCUT2D eigenvalue weighted by Crippen LogP contribution is 2.34. The van der Waals surface area contributed by atoms with Gasteiger partial charge in [-0.2, -0.15) is 0 Å². The molecule has 0 fully saturated rings. The van der Waals surface area contributed by atoms with Gasteiger partial charge in [-0.15, -0.1) is 0 Å². The molecule has 84 valence electrons. The van der Waals surface area contributed by atoms with Crippen LogP contribution in [0.3, 0.4) is 0 Å². The summed E-state index contributed by atoms with van der Waals surface area (Å²) in [6.07, 6.45) is 0. The van der Waals surface area contributed by atoms with Gasteiger partial charge in [-0.05, 0) is 34.7 Å². The van der Waals surface area contributed by atoms with Crippen LogP contribution in [0.25, 0.3) is 10.8 Å². The second-order valence-corrected chi connectivity index (χ2v) is 5.50. The second kappa shape index (κ2) is 3.51. The van der Waals surface area contributed by atoms with Crippen LogP contribution < -0.4 is 5.73 Å². The van der Waals surface area contributed by atoms with Gasteiger partial charge in [0.15, 0.2) is 0 Å². The first-order valence-electron chi connectivity index (χ1n) is 5.69. The highest BCUT2D eigenvalue weighted by Gasteiger charge is 2.19. The number of aryl methyl sites for hydroxylation is 1. The molecule has 0 radical (unpaired) electrons. The maximum Gasteiger partial charge on any atom is 0.0358 e. The fourth-order valence-corrected chi connectivity index (χ4v) is 2.29. The van der Waals surface area contributed by atoms with Gasteiger partial charge in [-0.1, -0.05) is 50.6 Å². The molecule has 2 aromatic carbocycles. The molecular formula is C15H19N. The number of rotatable bonds is 0. The lowest BCUT2D eigenvalue weighted by molar-refractivity contribution is 0.598. The van der Waals surface area contributed by atoms with Crippen LogP contribution in [-0.2, 0) is 5.41 Å². The van der Waals surface area contributed by atoms with E-state index in [1.807, 2.05) is 6.07 Å². The van der Waals surface area contributed by atoms with Crippen molar-refractivity contribution in [3.8, 4) is 0 Å². The third kappa shape index (κ3) is 1.78. The number of hydrogen-bond donors (Lipinski definition) is 1. The molecule has 1 heteroatoms. The van der Waals surface area contributed by atoms with E-state index in [4.69, 9.17) is 5.73 Å². The van der Waals surface area contributed by atoms with Crippen molar-refractivity contribution in [2.24, 2.45) is 0 Å². The Balaban J connectivity index is 2.88. The second-order valence-electron chi connectivity index (χ2n) is 5.50. The maximum atomic E-state index is 6.12. The topological polar surface area (TPSA) is 26.0 Å². The van der Waals surface area contributed by atoms with Gasteiger partial charge in [0.25, 0.3) is 0 Å². The largest absolute Gasteiger partial charge is 0.398 e. The van der Waals surface area contributed by atoms with Gasteiger partial charge in [0.05, 0.1) is 0 Å². The molecule has 0 spiro atoms. The summed E-state index contributed by atoms with van der Waals surface area (Å²) in [5, 5.41) is 2.55. The van der Waals surface area contributed by atoms with Crippen LogP contribution >= 0.6 is 0 Å². The van der Waals surface area contributed by atoms with Gasteiger partial charge in [-0.25, -0.2) is 0 Å². The first-order chi connectivity index (χ1) is 7.39. The zero-order valence-electron chi connectivity index (χ0n) is 10.5. The molecule has 0 unspecified atom stereocenters. The number of anilines is 1. The summed E-state index contributed by atoms with van der Waals surface area (Å²) in [6, 6.07) is 10.6. The molecule has 0 aromatic heterocycles. The number of benzene rings is 2. The summed E-state index contributed by atoms with van der Waals surface area (Å²) in [5.74, 6) is 0. The van der Waals surface area contributed by atoms with E-state index in [1.165, 1.54) is 21.9 Å². The van der Waals surface area contributed by atoms with Gasteiger partial charge >= 0.3 is 0 Å². The van der Waals surface area contributed by atoms with Crippen LogP contribution in [0.5, 0.6) is 0 Å². The molecule has 2 aromatic rings. The van der Waals surface area contributed by atoms with Crippen LogP contribution in [0, 0.1) is 6.92 Å². The molecule has 0 heterocycles. The minimum absolute atomic E-state index is 0.0807. The lowest BCUT2D eigenvalue weighted by Crippen LogP contribution is -2.14. The van der Waals surface area contributed by atoms with Crippen LogP contribution in [-0.4, -0.2) is 0 Å². The minimum atomic E-state index is 0.0807. The predicted molar refractivity (Wildman–Crippen MR) is 71.8 cm³/mol. The average Bonchev–Trinajstić information content (AvgIpc) is 2.14. The summed E-state index contributed by atoms with van der Waals surface area (Å²) in [7, 11) is 0. The molecule has 16 heavy (non-hydrogen) atoms. The summed E-state index contributed by atoms with van der Waals surface area (Å²) < 4.78 is 0. The first kappa shape index (κ1) is 11.0. The predicted octanol–water partition coefficient (Wildman–Crippen LogP) is 4.03. The van der Waals surface area contributed by atoms with Crippen molar-refractivity contribution < 1.29 is 0 Å². The normalized spacial score (nSPS) is 12.0. The minimum Gasteiger partial charge on any atom is -0.398 e. The number of fused-ring (bicyclic) bond motifs is 1. The van der Waals surface area contributed by atoms with E-state index < -0.39 is 0 Å². The monoisotopic (exact) mass is 213 g/mol.